The number of rotatable bonds is 2. The zero-order valence-corrected chi connectivity index (χ0v) is 12.7. The van der Waals surface area contributed by atoms with E-state index in [-0.39, 0.29) is 0 Å². The molecule has 98 valence electrons. The molecule has 2 aromatic carbocycles. The minimum absolute atomic E-state index is 0.651. The van der Waals surface area contributed by atoms with Crippen LogP contribution < -0.4 is 0 Å². The van der Waals surface area contributed by atoms with Crippen LogP contribution in [-0.2, 0) is 6.54 Å². The van der Waals surface area contributed by atoms with Crippen molar-refractivity contribution in [3.63, 3.8) is 0 Å². The minimum Gasteiger partial charge on any atom is -0.340 e. The average molecular weight is 374 g/mol. The fourth-order valence-corrected chi connectivity index (χ4v) is 3.15. The van der Waals surface area contributed by atoms with Crippen LogP contribution in [-0.4, -0.2) is 19.7 Å². The quantitative estimate of drug-likeness (QED) is 0.546. The standard InChI is InChI=1S/C15H11IN4/c16-15-10-5-1-4-8-13(10)20(19-15)9-14-17-11-6-2-3-7-12(11)18-14/h1-8H,9H2,(H,17,18). The van der Waals surface area contributed by atoms with E-state index < -0.39 is 0 Å². The van der Waals surface area contributed by atoms with Crippen molar-refractivity contribution >= 4 is 44.5 Å². The van der Waals surface area contributed by atoms with Crippen molar-refractivity contribution in [2.75, 3.05) is 0 Å². The Labute approximate surface area is 129 Å². The summed E-state index contributed by atoms with van der Waals surface area (Å²) in [6, 6.07) is 16.3. The first-order valence-corrected chi connectivity index (χ1v) is 7.44. The molecular weight excluding hydrogens is 363 g/mol. The Bertz CT molecular complexity index is 873. The van der Waals surface area contributed by atoms with Gasteiger partial charge in [-0.1, -0.05) is 30.3 Å². The van der Waals surface area contributed by atoms with Gasteiger partial charge in [0.25, 0.3) is 0 Å². The Hall–Kier alpha value is -1.89. The highest BCUT2D eigenvalue weighted by Crippen LogP contribution is 2.20. The van der Waals surface area contributed by atoms with Crippen LogP contribution in [0.5, 0.6) is 0 Å². The maximum Gasteiger partial charge on any atom is 0.131 e. The topological polar surface area (TPSA) is 46.5 Å². The molecule has 2 aromatic heterocycles. The van der Waals surface area contributed by atoms with E-state index in [0.717, 1.165) is 26.1 Å². The van der Waals surface area contributed by atoms with Gasteiger partial charge in [-0.25, -0.2) is 4.98 Å². The summed E-state index contributed by atoms with van der Waals surface area (Å²) in [5, 5.41) is 5.78. The number of nitrogens with zero attached hydrogens (tertiary/aromatic N) is 3. The molecule has 0 saturated carbocycles. The normalized spacial score (nSPS) is 11.4. The maximum absolute atomic E-state index is 4.61. The number of para-hydroxylation sites is 3. The molecule has 0 fully saturated rings. The third-order valence-corrected chi connectivity index (χ3v) is 4.15. The third kappa shape index (κ3) is 1.89. The lowest BCUT2D eigenvalue weighted by Gasteiger charge is -1.99. The number of halogens is 1. The van der Waals surface area contributed by atoms with Crippen LogP contribution in [0.25, 0.3) is 21.9 Å². The molecule has 4 nitrogen and oxygen atoms in total. The summed E-state index contributed by atoms with van der Waals surface area (Å²) in [6.45, 7) is 0.651. The van der Waals surface area contributed by atoms with Crippen molar-refractivity contribution in [2.45, 2.75) is 6.54 Å². The zero-order chi connectivity index (χ0) is 13.5. The first-order chi connectivity index (χ1) is 9.81. The predicted molar refractivity (Wildman–Crippen MR) is 87.6 cm³/mol. The van der Waals surface area contributed by atoms with Gasteiger partial charge in [-0.3, -0.25) is 4.68 Å². The molecule has 0 radical (unpaired) electrons. The minimum atomic E-state index is 0.651. The molecule has 0 atom stereocenters. The number of fused-ring (bicyclic) bond motifs is 2. The molecule has 20 heavy (non-hydrogen) atoms. The molecule has 0 aliphatic heterocycles. The van der Waals surface area contributed by atoms with Gasteiger partial charge in [-0.2, -0.15) is 5.10 Å². The fraction of sp³-hybridized carbons (Fsp3) is 0.0667. The van der Waals surface area contributed by atoms with Gasteiger partial charge in [-0.05, 0) is 40.8 Å². The van der Waals surface area contributed by atoms with Crippen molar-refractivity contribution < 1.29 is 0 Å². The molecule has 0 amide bonds. The number of hydrogen-bond acceptors (Lipinski definition) is 2. The van der Waals surface area contributed by atoms with Crippen LogP contribution in [0.2, 0.25) is 0 Å². The van der Waals surface area contributed by atoms with Crippen molar-refractivity contribution in [2.24, 2.45) is 0 Å². The monoisotopic (exact) mass is 374 g/mol. The fourth-order valence-electron chi connectivity index (χ4n) is 2.43. The number of aromatic nitrogens is 4. The van der Waals surface area contributed by atoms with Gasteiger partial charge < -0.3 is 4.98 Å². The van der Waals surface area contributed by atoms with Gasteiger partial charge in [0.15, 0.2) is 0 Å². The van der Waals surface area contributed by atoms with E-state index in [1.54, 1.807) is 0 Å². The van der Waals surface area contributed by atoms with Crippen molar-refractivity contribution in [3.8, 4) is 0 Å². The maximum atomic E-state index is 4.61. The molecule has 0 aliphatic carbocycles. The number of hydrogen-bond donors (Lipinski definition) is 1. The molecule has 0 bridgehead atoms. The van der Waals surface area contributed by atoms with Gasteiger partial charge in [0.05, 0.1) is 23.1 Å². The van der Waals surface area contributed by atoms with Gasteiger partial charge >= 0.3 is 0 Å². The highest BCUT2D eigenvalue weighted by atomic mass is 127. The highest BCUT2D eigenvalue weighted by Gasteiger charge is 2.09. The van der Waals surface area contributed by atoms with Gasteiger partial charge in [-0.15, -0.1) is 0 Å². The molecule has 5 heteroatoms. The molecule has 4 rings (SSSR count). The van der Waals surface area contributed by atoms with Gasteiger partial charge in [0, 0.05) is 5.39 Å². The third-order valence-electron chi connectivity index (χ3n) is 3.35. The van der Waals surface area contributed by atoms with Crippen LogP contribution >= 0.6 is 22.6 Å². The van der Waals surface area contributed by atoms with Crippen molar-refractivity contribution in [3.05, 3.63) is 58.1 Å². The van der Waals surface area contributed by atoms with Crippen LogP contribution in [0.4, 0.5) is 0 Å². The second-order valence-corrected chi connectivity index (χ2v) is 5.69. The lowest BCUT2D eigenvalue weighted by atomic mass is 10.2. The molecule has 0 saturated heterocycles. The van der Waals surface area contributed by atoms with Crippen LogP contribution in [0, 0.1) is 3.70 Å². The highest BCUT2D eigenvalue weighted by molar-refractivity contribution is 14.1. The Balaban J connectivity index is 1.80. The predicted octanol–water partition coefficient (Wildman–Crippen LogP) is 3.57. The number of nitrogens with one attached hydrogen (secondary N) is 1. The van der Waals surface area contributed by atoms with Crippen molar-refractivity contribution in [1.29, 1.82) is 0 Å². The Morgan fingerprint density at radius 1 is 1.05 bits per heavy atom. The number of benzene rings is 2. The van der Waals surface area contributed by atoms with Crippen LogP contribution in [0.15, 0.2) is 48.5 Å². The lowest BCUT2D eigenvalue weighted by molar-refractivity contribution is 0.680. The summed E-state index contributed by atoms with van der Waals surface area (Å²) < 4.78 is 3.02. The number of aromatic amines is 1. The van der Waals surface area contributed by atoms with Crippen LogP contribution in [0.3, 0.4) is 0 Å². The second-order valence-electron chi connectivity index (χ2n) is 4.67. The van der Waals surface area contributed by atoms with Gasteiger partial charge in [0.2, 0.25) is 0 Å². The Morgan fingerprint density at radius 2 is 1.85 bits per heavy atom. The SMILES string of the molecule is Ic1nn(Cc2nc3ccccc3[nH]2)c2ccccc12. The number of imidazole rings is 1. The van der Waals surface area contributed by atoms with E-state index in [4.69, 9.17) is 0 Å². The molecule has 0 spiro atoms. The van der Waals surface area contributed by atoms with E-state index in [2.05, 4.69) is 49.8 Å². The van der Waals surface area contributed by atoms with E-state index in [0.29, 0.717) is 6.54 Å². The second kappa shape index (κ2) is 4.59. The van der Waals surface area contributed by atoms with E-state index >= 15 is 0 Å². The van der Waals surface area contributed by atoms with Crippen molar-refractivity contribution in [1.82, 2.24) is 19.7 Å². The Morgan fingerprint density at radius 3 is 2.75 bits per heavy atom. The van der Waals surface area contributed by atoms with E-state index in [1.165, 1.54) is 5.39 Å². The largest absolute Gasteiger partial charge is 0.340 e. The number of H-pyrrole nitrogens is 1. The first kappa shape index (κ1) is 11.9. The first-order valence-electron chi connectivity index (χ1n) is 6.36. The summed E-state index contributed by atoms with van der Waals surface area (Å²) in [5.74, 6) is 0.927. The van der Waals surface area contributed by atoms with Gasteiger partial charge in [0.1, 0.15) is 9.53 Å². The lowest BCUT2D eigenvalue weighted by Crippen LogP contribution is -2.03. The summed E-state index contributed by atoms with van der Waals surface area (Å²) in [5.41, 5.74) is 3.19. The molecule has 1 N–H and O–H groups in total. The molecule has 2 heterocycles. The van der Waals surface area contributed by atoms with Crippen LogP contribution in [0.1, 0.15) is 5.82 Å². The summed E-state index contributed by atoms with van der Waals surface area (Å²) in [7, 11) is 0. The van der Waals surface area contributed by atoms with E-state index in [9.17, 15) is 0 Å². The average Bonchev–Trinajstić information content (AvgIpc) is 3.01. The van der Waals surface area contributed by atoms with E-state index in [1.807, 2.05) is 41.1 Å². The Kier molecular flexibility index (Phi) is 2.73. The smallest absolute Gasteiger partial charge is 0.131 e. The summed E-state index contributed by atoms with van der Waals surface area (Å²) in [4.78, 5) is 7.95. The molecular formula is C15H11IN4. The molecule has 0 aliphatic rings. The zero-order valence-electron chi connectivity index (χ0n) is 10.5. The summed E-state index contributed by atoms with van der Waals surface area (Å²) >= 11 is 2.27. The molecule has 4 aromatic rings. The molecule has 0 unspecified atom stereocenters. The summed E-state index contributed by atoms with van der Waals surface area (Å²) in [6.07, 6.45) is 0.